The summed E-state index contributed by atoms with van der Waals surface area (Å²) in [7, 11) is 2.04. The molecule has 0 saturated carbocycles. The molecule has 0 radical (unpaired) electrons. The van der Waals surface area contributed by atoms with E-state index in [4.69, 9.17) is 12.2 Å². The molecule has 1 heterocycles. The van der Waals surface area contributed by atoms with Gasteiger partial charge in [0.05, 0.1) is 6.67 Å². The molecule has 0 atom stereocenters. The first-order valence-corrected chi connectivity index (χ1v) is 3.82. The summed E-state index contributed by atoms with van der Waals surface area (Å²) < 4.78 is 0. The second-order valence-electron chi connectivity index (χ2n) is 2.41. The molecule has 56 valence electrons. The minimum atomic E-state index is 0.922. The highest BCUT2D eigenvalue weighted by Crippen LogP contribution is 2.02. The normalized spacial score (nSPS) is 18.4. The van der Waals surface area contributed by atoms with Gasteiger partial charge < -0.3 is 9.80 Å². The van der Waals surface area contributed by atoms with Crippen molar-refractivity contribution in [1.82, 2.24) is 9.80 Å². The molecule has 10 heavy (non-hydrogen) atoms. The molecule has 0 saturated heterocycles. The second kappa shape index (κ2) is 3.01. The van der Waals surface area contributed by atoms with Gasteiger partial charge in [0.1, 0.15) is 4.99 Å². The van der Waals surface area contributed by atoms with Gasteiger partial charge in [0.2, 0.25) is 0 Å². The second-order valence-corrected chi connectivity index (χ2v) is 2.83. The quantitative estimate of drug-likeness (QED) is 0.524. The highest BCUT2D eigenvalue weighted by molar-refractivity contribution is 7.80. The van der Waals surface area contributed by atoms with E-state index in [1.807, 2.05) is 19.3 Å². The SMILES string of the molecule is CCN1CN(C)C=CC1=S. The zero-order valence-electron chi connectivity index (χ0n) is 6.37. The Morgan fingerprint density at radius 2 is 2.40 bits per heavy atom. The summed E-state index contributed by atoms with van der Waals surface area (Å²) >= 11 is 5.09. The van der Waals surface area contributed by atoms with E-state index in [0.29, 0.717) is 0 Å². The highest BCUT2D eigenvalue weighted by atomic mass is 32.1. The molecule has 0 spiro atoms. The lowest BCUT2D eigenvalue weighted by Gasteiger charge is -2.30. The maximum absolute atomic E-state index is 5.09. The smallest absolute Gasteiger partial charge is 0.104 e. The summed E-state index contributed by atoms with van der Waals surface area (Å²) in [6, 6.07) is 0. The highest BCUT2D eigenvalue weighted by Gasteiger charge is 2.09. The molecule has 0 fully saturated rings. The third-order valence-corrected chi connectivity index (χ3v) is 1.95. The van der Waals surface area contributed by atoms with Gasteiger partial charge in [-0.15, -0.1) is 0 Å². The van der Waals surface area contributed by atoms with Gasteiger partial charge in [-0.25, -0.2) is 0 Å². The summed E-state index contributed by atoms with van der Waals surface area (Å²) in [5, 5.41) is 0. The number of thiocarbonyl (C=S) groups is 1. The molecule has 0 N–H and O–H groups in total. The monoisotopic (exact) mass is 156 g/mol. The molecule has 0 bridgehead atoms. The number of hydrogen-bond donors (Lipinski definition) is 0. The minimum absolute atomic E-state index is 0.922. The van der Waals surface area contributed by atoms with Gasteiger partial charge in [-0.3, -0.25) is 0 Å². The fourth-order valence-electron chi connectivity index (χ4n) is 0.938. The Kier molecular flexibility index (Phi) is 2.27. The average molecular weight is 156 g/mol. The van der Waals surface area contributed by atoms with Crippen LogP contribution in [0.3, 0.4) is 0 Å². The summed E-state index contributed by atoms with van der Waals surface area (Å²) in [5.41, 5.74) is 0. The number of nitrogens with zero attached hydrogens (tertiary/aromatic N) is 2. The number of rotatable bonds is 1. The van der Waals surface area contributed by atoms with Crippen LogP contribution in [0.1, 0.15) is 6.92 Å². The Bertz CT molecular complexity index is 165. The van der Waals surface area contributed by atoms with E-state index in [0.717, 1.165) is 18.2 Å². The lowest BCUT2D eigenvalue weighted by atomic mass is 10.4. The molecule has 2 nitrogen and oxygen atoms in total. The predicted molar refractivity (Wildman–Crippen MR) is 46.7 cm³/mol. The van der Waals surface area contributed by atoms with Crippen molar-refractivity contribution >= 4 is 17.2 Å². The molecule has 1 rings (SSSR count). The number of likely N-dealkylation sites (N-methyl/N-ethyl adjacent to an activating group) is 1. The van der Waals surface area contributed by atoms with Crippen molar-refractivity contribution in [2.45, 2.75) is 6.92 Å². The van der Waals surface area contributed by atoms with Crippen LogP contribution >= 0.6 is 12.2 Å². The fourth-order valence-corrected chi connectivity index (χ4v) is 1.19. The maximum Gasteiger partial charge on any atom is 0.104 e. The van der Waals surface area contributed by atoms with Gasteiger partial charge >= 0.3 is 0 Å². The Morgan fingerprint density at radius 3 is 2.90 bits per heavy atom. The molecular weight excluding hydrogens is 144 g/mol. The number of hydrogen-bond acceptors (Lipinski definition) is 2. The van der Waals surface area contributed by atoms with Gasteiger partial charge in [0, 0.05) is 19.8 Å². The predicted octanol–water partition coefficient (Wildman–Crippen LogP) is 1.05. The van der Waals surface area contributed by atoms with E-state index in [9.17, 15) is 0 Å². The van der Waals surface area contributed by atoms with E-state index in [1.54, 1.807) is 0 Å². The third kappa shape index (κ3) is 1.48. The Labute approximate surface area is 67.1 Å². The molecule has 0 aromatic carbocycles. The largest absolute Gasteiger partial charge is 0.363 e. The van der Waals surface area contributed by atoms with Gasteiger partial charge in [0.15, 0.2) is 0 Å². The third-order valence-electron chi connectivity index (χ3n) is 1.56. The van der Waals surface area contributed by atoms with Crippen LogP contribution in [0.4, 0.5) is 0 Å². The molecule has 0 aromatic rings. The van der Waals surface area contributed by atoms with Crippen LogP contribution < -0.4 is 0 Å². The van der Waals surface area contributed by atoms with Crippen molar-refractivity contribution < 1.29 is 0 Å². The van der Waals surface area contributed by atoms with Crippen LogP contribution in [0.2, 0.25) is 0 Å². The molecule has 0 aliphatic carbocycles. The fraction of sp³-hybridized carbons (Fsp3) is 0.571. The first kappa shape index (κ1) is 7.54. The molecule has 0 unspecified atom stereocenters. The standard InChI is InChI=1S/C7H12N2S/c1-3-9-6-8(2)5-4-7(9)10/h4-5H,3,6H2,1-2H3. The average Bonchev–Trinajstić information content (AvgIpc) is 1.94. The van der Waals surface area contributed by atoms with Crippen molar-refractivity contribution in [3.8, 4) is 0 Å². The van der Waals surface area contributed by atoms with E-state index < -0.39 is 0 Å². The first-order valence-electron chi connectivity index (χ1n) is 3.41. The van der Waals surface area contributed by atoms with Crippen LogP contribution in [0.15, 0.2) is 12.3 Å². The van der Waals surface area contributed by atoms with Crippen LogP contribution in [-0.4, -0.2) is 35.0 Å². The summed E-state index contributed by atoms with van der Waals surface area (Å²) in [4.78, 5) is 5.20. The van der Waals surface area contributed by atoms with Crippen LogP contribution in [0.25, 0.3) is 0 Å². The molecule has 0 aromatic heterocycles. The van der Waals surface area contributed by atoms with Crippen LogP contribution in [0, 0.1) is 0 Å². The summed E-state index contributed by atoms with van der Waals surface area (Å²) in [6.07, 6.45) is 3.97. The van der Waals surface area contributed by atoms with Gasteiger partial charge in [-0.1, -0.05) is 12.2 Å². The van der Waals surface area contributed by atoms with Crippen molar-refractivity contribution in [3.05, 3.63) is 12.3 Å². The molecule has 1 aliphatic heterocycles. The molecule has 0 amide bonds. The Morgan fingerprint density at radius 1 is 1.70 bits per heavy atom. The van der Waals surface area contributed by atoms with Gasteiger partial charge in [0.25, 0.3) is 0 Å². The minimum Gasteiger partial charge on any atom is -0.363 e. The lowest BCUT2D eigenvalue weighted by molar-refractivity contribution is 0.285. The van der Waals surface area contributed by atoms with Crippen molar-refractivity contribution in [2.24, 2.45) is 0 Å². The molecule has 1 aliphatic rings. The van der Waals surface area contributed by atoms with E-state index in [1.165, 1.54) is 0 Å². The lowest BCUT2D eigenvalue weighted by Crippen LogP contribution is -2.39. The summed E-state index contributed by atoms with van der Waals surface area (Å²) in [5.74, 6) is 0. The van der Waals surface area contributed by atoms with Crippen molar-refractivity contribution in [2.75, 3.05) is 20.3 Å². The Balaban J connectivity index is 2.62. The zero-order valence-corrected chi connectivity index (χ0v) is 7.19. The van der Waals surface area contributed by atoms with E-state index >= 15 is 0 Å². The van der Waals surface area contributed by atoms with Gasteiger partial charge in [-0.05, 0) is 13.0 Å². The molecular formula is C7H12N2S. The first-order chi connectivity index (χ1) is 4.74. The van der Waals surface area contributed by atoms with Crippen LogP contribution in [-0.2, 0) is 0 Å². The molecule has 3 heteroatoms. The zero-order chi connectivity index (χ0) is 7.56. The maximum atomic E-state index is 5.09. The van der Waals surface area contributed by atoms with Gasteiger partial charge in [-0.2, -0.15) is 0 Å². The van der Waals surface area contributed by atoms with Crippen molar-refractivity contribution in [1.29, 1.82) is 0 Å². The summed E-state index contributed by atoms with van der Waals surface area (Å²) in [6.45, 7) is 4.03. The van der Waals surface area contributed by atoms with Crippen molar-refractivity contribution in [3.63, 3.8) is 0 Å². The Hall–Kier alpha value is -0.570. The van der Waals surface area contributed by atoms with Crippen LogP contribution in [0.5, 0.6) is 0 Å². The van der Waals surface area contributed by atoms with E-state index in [2.05, 4.69) is 16.7 Å². The topological polar surface area (TPSA) is 6.48 Å². The van der Waals surface area contributed by atoms with E-state index in [-0.39, 0.29) is 0 Å².